The third-order valence-corrected chi connectivity index (χ3v) is 4.13. The predicted molar refractivity (Wildman–Crippen MR) is 95.5 cm³/mol. The van der Waals surface area contributed by atoms with E-state index in [4.69, 9.17) is 14.2 Å². The number of aliphatic hydroxyl groups is 5. The van der Waals surface area contributed by atoms with Gasteiger partial charge in [-0.05, 0) is 24.3 Å². The Bertz CT molecular complexity index is 553. The van der Waals surface area contributed by atoms with E-state index in [9.17, 15) is 25.5 Å². The van der Waals surface area contributed by atoms with Crippen molar-refractivity contribution in [2.75, 3.05) is 19.8 Å². The number of hydrogen-bond donors (Lipinski definition) is 6. The number of aliphatic hydroxyl groups excluding tert-OH is 5. The lowest BCUT2D eigenvalue weighted by molar-refractivity contribution is -0.277. The van der Waals surface area contributed by atoms with Crippen molar-refractivity contribution in [1.29, 1.82) is 0 Å². The molecular formula is C18H29NO8. The Kier molecular flexibility index (Phi) is 8.24. The summed E-state index contributed by atoms with van der Waals surface area (Å²) in [6, 6.07) is 6.69. The molecule has 0 saturated carbocycles. The molecular weight excluding hydrogens is 358 g/mol. The summed E-state index contributed by atoms with van der Waals surface area (Å²) in [5.74, 6) is 0.869. The highest BCUT2D eigenvalue weighted by Gasteiger charge is 2.44. The van der Waals surface area contributed by atoms with Crippen LogP contribution < -0.4 is 14.8 Å². The van der Waals surface area contributed by atoms with Gasteiger partial charge in [0.1, 0.15) is 48.6 Å². The summed E-state index contributed by atoms with van der Waals surface area (Å²) < 4.78 is 16.3. The summed E-state index contributed by atoms with van der Waals surface area (Å²) >= 11 is 0. The molecule has 1 saturated heterocycles. The molecule has 1 aliphatic rings. The monoisotopic (exact) mass is 387 g/mol. The van der Waals surface area contributed by atoms with E-state index in [0.717, 1.165) is 0 Å². The van der Waals surface area contributed by atoms with Gasteiger partial charge in [0.2, 0.25) is 6.29 Å². The fourth-order valence-corrected chi connectivity index (χ4v) is 2.54. The van der Waals surface area contributed by atoms with Crippen molar-refractivity contribution in [2.45, 2.75) is 56.7 Å². The van der Waals surface area contributed by atoms with Gasteiger partial charge < -0.3 is 45.1 Å². The topological polar surface area (TPSA) is 141 Å². The van der Waals surface area contributed by atoms with Gasteiger partial charge >= 0.3 is 0 Å². The van der Waals surface area contributed by atoms with Crippen molar-refractivity contribution in [3.63, 3.8) is 0 Å². The zero-order valence-corrected chi connectivity index (χ0v) is 15.4. The smallest absolute Gasteiger partial charge is 0.229 e. The molecule has 9 heteroatoms. The van der Waals surface area contributed by atoms with Crippen LogP contribution in [0.15, 0.2) is 24.3 Å². The van der Waals surface area contributed by atoms with Gasteiger partial charge in [-0.3, -0.25) is 0 Å². The molecule has 1 fully saturated rings. The summed E-state index contributed by atoms with van der Waals surface area (Å²) in [4.78, 5) is 0. The van der Waals surface area contributed by atoms with Gasteiger partial charge in [-0.2, -0.15) is 0 Å². The molecule has 6 N–H and O–H groups in total. The third-order valence-electron chi connectivity index (χ3n) is 4.13. The number of benzene rings is 1. The molecule has 1 aliphatic heterocycles. The van der Waals surface area contributed by atoms with Crippen molar-refractivity contribution in [2.24, 2.45) is 0 Å². The van der Waals surface area contributed by atoms with Gasteiger partial charge in [-0.1, -0.05) is 13.8 Å². The zero-order chi connectivity index (χ0) is 20.0. The van der Waals surface area contributed by atoms with Crippen LogP contribution in [0.25, 0.3) is 0 Å². The van der Waals surface area contributed by atoms with Crippen molar-refractivity contribution < 1.29 is 39.7 Å². The average Bonchev–Trinajstić information content (AvgIpc) is 2.66. The predicted octanol–water partition coefficient (Wildman–Crippen LogP) is -1.40. The number of nitrogens with one attached hydrogen (secondary N) is 1. The van der Waals surface area contributed by atoms with E-state index in [1.165, 1.54) is 0 Å². The number of rotatable bonds is 9. The summed E-state index contributed by atoms with van der Waals surface area (Å²) in [7, 11) is 0. The van der Waals surface area contributed by atoms with Gasteiger partial charge in [0, 0.05) is 12.6 Å². The highest BCUT2D eigenvalue weighted by Crippen LogP contribution is 2.25. The van der Waals surface area contributed by atoms with Crippen molar-refractivity contribution in [3.8, 4) is 11.5 Å². The first-order valence-corrected chi connectivity index (χ1v) is 8.93. The van der Waals surface area contributed by atoms with E-state index < -0.39 is 43.4 Å². The molecule has 1 aromatic carbocycles. The van der Waals surface area contributed by atoms with Crippen LogP contribution in [0.2, 0.25) is 0 Å². The molecule has 9 nitrogen and oxygen atoms in total. The molecule has 1 heterocycles. The van der Waals surface area contributed by atoms with E-state index in [1.807, 2.05) is 13.8 Å². The molecule has 0 radical (unpaired) electrons. The summed E-state index contributed by atoms with van der Waals surface area (Å²) in [5, 5.41) is 51.6. The second kappa shape index (κ2) is 10.2. The summed E-state index contributed by atoms with van der Waals surface area (Å²) in [6.07, 6.45) is -7.31. The highest BCUT2D eigenvalue weighted by atomic mass is 16.7. The Morgan fingerprint density at radius 3 is 2.26 bits per heavy atom. The van der Waals surface area contributed by atoms with Crippen LogP contribution in [-0.4, -0.2) is 88.1 Å². The molecule has 154 valence electrons. The van der Waals surface area contributed by atoms with Crippen LogP contribution in [0.3, 0.4) is 0 Å². The lowest BCUT2D eigenvalue weighted by Gasteiger charge is -2.39. The first-order chi connectivity index (χ1) is 12.8. The molecule has 0 bridgehead atoms. The number of hydrogen-bond acceptors (Lipinski definition) is 9. The van der Waals surface area contributed by atoms with E-state index in [2.05, 4.69) is 5.32 Å². The lowest BCUT2D eigenvalue weighted by Crippen LogP contribution is -2.60. The second-order valence-electron chi connectivity index (χ2n) is 6.81. The van der Waals surface area contributed by atoms with Gasteiger partial charge in [-0.25, -0.2) is 0 Å². The molecule has 27 heavy (non-hydrogen) atoms. The first kappa shape index (κ1) is 21.8. The maximum absolute atomic E-state index is 9.97. The fourth-order valence-electron chi connectivity index (χ4n) is 2.54. The normalized spacial score (nSPS) is 29.6. The average molecular weight is 387 g/mol. The number of ether oxygens (including phenoxy) is 3. The van der Waals surface area contributed by atoms with Crippen molar-refractivity contribution in [1.82, 2.24) is 5.32 Å². The van der Waals surface area contributed by atoms with Crippen LogP contribution in [0.5, 0.6) is 11.5 Å². The minimum atomic E-state index is -1.50. The maximum Gasteiger partial charge on any atom is 0.229 e. The van der Waals surface area contributed by atoms with Gasteiger partial charge in [0.15, 0.2) is 0 Å². The molecule has 0 unspecified atom stereocenters. The third kappa shape index (κ3) is 6.28. The van der Waals surface area contributed by atoms with E-state index >= 15 is 0 Å². The van der Waals surface area contributed by atoms with Gasteiger partial charge in [-0.15, -0.1) is 0 Å². The first-order valence-electron chi connectivity index (χ1n) is 8.93. The molecule has 0 aromatic heterocycles. The minimum Gasteiger partial charge on any atom is -0.491 e. The lowest BCUT2D eigenvalue weighted by atomic mass is 9.99. The van der Waals surface area contributed by atoms with Gasteiger partial charge in [0.05, 0.1) is 6.61 Å². The maximum atomic E-state index is 9.97. The van der Waals surface area contributed by atoms with E-state index in [-0.39, 0.29) is 12.6 Å². The Morgan fingerprint density at radius 1 is 1.04 bits per heavy atom. The molecule has 1 aromatic rings. The van der Waals surface area contributed by atoms with Crippen molar-refractivity contribution in [3.05, 3.63) is 24.3 Å². The SMILES string of the molecule is CC(C)NC[C@H](O)COc1ccc(O[C@H]2O[C@H](CO)[C@@H](O)[C@H](O)[C@H]2O)cc1. The Morgan fingerprint density at radius 2 is 1.67 bits per heavy atom. The second-order valence-corrected chi connectivity index (χ2v) is 6.81. The standard InChI is InChI=1S/C18H29NO8/c1-10(2)19-7-11(21)9-25-12-3-5-13(6-4-12)26-18-17(24)16(23)15(22)14(8-20)27-18/h3-6,10-11,14-24H,7-9H2,1-2H3/t11-,14+,15+,16-,17+,18-/m0/s1. The Hall–Kier alpha value is -1.46. The van der Waals surface area contributed by atoms with E-state index in [1.54, 1.807) is 24.3 Å². The van der Waals surface area contributed by atoms with Crippen LogP contribution in [0.1, 0.15) is 13.8 Å². The quantitative estimate of drug-likeness (QED) is 0.302. The van der Waals surface area contributed by atoms with E-state index in [0.29, 0.717) is 18.0 Å². The largest absolute Gasteiger partial charge is 0.491 e. The molecule has 2 rings (SSSR count). The van der Waals surface area contributed by atoms with Crippen LogP contribution in [0, 0.1) is 0 Å². The van der Waals surface area contributed by atoms with Crippen LogP contribution >= 0.6 is 0 Å². The van der Waals surface area contributed by atoms with Crippen LogP contribution in [0.4, 0.5) is 0 Å². The molecule has 0 amide bonds. The summed E-state index contributed by atoms with van der Waals surface area (Å²) in [6.45, 7) is 4.01. The molecule has 6 atom stereocenters. The molecule has 0 spiro atoms. The molecule has 0 aliphatic carbocycles. The fraction of sp³-hybridized carbons (Fsp3) is 0.667. The van der Waals surface area contributed by atoms with Crippen LogP contribution in [-0.2, 0) is 4.74 Å². The Balaban J connectivity index is 1.86. The zero-order valence-electron chi connectivity index (χ0n) is 15.4. The Labute approximate surface area is 158 Å². The summed E-state index contributed by atoms with van der Waals surface area (Å²) in [5.41, 5.74) is 0. The van der Waals surface area contributed by atoms with Crippen molar-refractivity contribution >= 4 is 0 Å². The highest BCUT2D eigenvalue weighted by molar-refractivity contribution is 5.31. The minimum absolute atomic E-state index is 0.132. The van der Waals surface area contributed by atoms with Gasteiger partial charge in [0.25, 0.3) is 0 Å².